The van der Waals surface area contributed by atoms with Gasteiger partial charge < -0.3 is 9.80 Å². The molecular formula is C23H26N4OS. The Labute approximate surface area is 176 Å². The third kappa shape index (κ3) is 4.17. The number of aryl methyl sites for hydroxylation is 2. The molecule has 0 unspecified atom stereocenters. The molecule has 1 fully saturated rings. The number of aromatic nitrogens is 2. The molecule has 0 radical (unpaired) electrons. The van der Waals surface area contributed by atoms with Crippen molar-refractivity contribution in [1.82, 2.24) is 10.2 Å². The van der Waals surface area contributed by atoms with Gasteiger partial charge in [-0.1, -0.05) is 12.1 Å². The van der Waals surface area contributed by atoms with Crippen LogP contribution in [0.5, 0.6) is 0 Å². The van der Waals surface area contributed by atoms with E-state index in [1.165, 1.54) is 11.1 Å². The highest BCUT2D eigenvalue weighted by molar-refractivity contribution is 7.13. The molecule has 0 saturated carbocycles. The van der Waals surface area contributed by atoms with Crippen LogP contribution in [0.1, 0.15) is 24.0 Å². The van der Waals surface area contributed by atoms with Crippen LogP contribution in [-0.4, -0.2) is 36.2 Å². The summed E-state index contributed by atoms with van der Waals surface area (Å²) in [4.78, 5) is 18.2. The Kier molecular flexibility index (Phi) is 5.62. The van der Waals surface area contributed by atoms with Gasteiger partial charge in [0.05, 0.1) is 4.88 Å². The van der Waals surface area contributed by atoms with Crippen LogP contribution in [0.15, 0.2) is 47.8 Å². The fourth-order valence-corrected chi connectivity index (χ4v) is 4.43. The summed E-state index contributed by atoms with van der Waals surface area (Å²) in [5, 5.41) is 10.8. The zero-order chi connectivity index (χ0) is 20.4. The third-order valence-electron chi connectivity index (χ3n) is 5.80. The van der Waals surface area contributed by atoms with E-state index in [9.17, 15) is 4.79 Å². The molecule has 0 atom stereocenters. The van der Waals surface area contributed by atoms with Gasteiger partial charge in [0.25, 0.3) is 0 Å². The fourth-order valence-electron chi connectivity index (χ4n) is 3.74. The maximum atomic E-state index is 13.0. The van der Waals surface area contributed by atoms with Crippen molar-refractivity contribution in [2.24, 2.45) is 5.92 Å². The largest absolute Gasteiger partial charge is 0.355 e. The van der Waals surface area contributed by atoms with Gasteiger partial charge in [-0.15, -0.1) is 21.5 Å². The molecule has 1 saturated heterocycles. The average molecular weight is 407 g/mol. The second-order valence-corrected chi connectivity index (χ2v) is 8.63. The van der Waals surface area contributed by atoms with Crippen LogP contribution >= 0.6 is 11.3 Å². The van der Waals surface area contributed by atoms with Crippen molar-refractivity contribution in [3.8, 4) is 10.6 Å². The van der Waals surface area contributed by atoms with Gasteiger partial charge in [-0.25, -0.2) is 0 Å². The Morgan fingerprint density at radius 3 is 2.48 bits per heavy atom. The predicted molar refractivity (Wildman–Crippen MR) is 120 cm³/mol. The van der Waals surface area contributed by atoms with Gasteiger partial charge in [-0.2, -0.15) is 0 Å². The highest BCUT2D eigenvalue weighted by atomic mass is 32.1. The van der Waals surface area contributed by atoms with Crippen molar-refractivity contribution < 1.29 is 4.79 Å². The SMILES string of the molecule is Cc1ccc(N(C)C(=O)C2CCN(c3ccc(-c4cccs4)nn3)CC2)cc1C. The first kappa shape index (κ1) is 19.6. The van der Waals surface area contributed by atoms with Crippen molar-refractivity contribution in [3.63, 3.8) is 0 Å². The summed E-state index contributed by atoms with van der Waals surface area (Å²) < 4.78 is 0. The lowest BCUT2D eigenvalue weighted by molar-refractivity contribution is -0.122. The molecule has 3 heterocycles. The molecule has 6 heteroatoms. The first-order chi connectivity index (χ1) is 14.0. The number of hydrogen-bond donors (Lipinski definition) is 0. The lowest BCUT2D eigenvalue weighted by atomic mass is 9.95. The lowest BCUT2D eigenvalue weighted by Gasteiger charge is -2.33. The minimum Gasteiger partial charge on any atom is -0.355 e. The fraction of sp³-hybridized carbons (Fsp3) is 0.348. The van der Waals surface area contributed by atoms with E-state index in [1.807, 2.05) is 41.6 Å². The Balaban J connectivity index is 1.37. The van der Waals surface area contributed by atoms with Gasteiger partial charge in [-0.05, 0) is 73.5 Å². The molecule has 0 bridgehead atoms. The maximum Gasteiger partial charge on any atom is 0.229 e. The van der Waals surface area contributed by atoms with Crippen LogP contribution in [0, 0.1) is 19.8 Å². The zero-order valence-corrected chi connectivity index (χ0v) is 17.9. The summed E-state index contributed by atoms with van der Waals surface area (Å²) in [7, 11) is 1.88. The number of rotatable bonds is 4. The second-order valence-electron chi connectivity index (χ2n) is 7.68. The van der Waals surface area contributed by atoms with Crippen molar-refractivity contribution in [2.45, 2.75) is 26.7 Å². The van der Waals surface area contributed by atoms with Crippen LogP contribution in [-0.2, 0) is 4.79 Å². The van der Waals surface area contributed by atoms with Crippen molar-refractivity contribution in [3.05, 3.63) is 59.0 Å². The first-order valence-electron chi connectivity index (χ1n) is 10.0. The molecule has 0 spiro atoms. The number of carbonyl (C=O) groups is 1. The van der Waals surface area contributed by atoms with Crippen LogP contribution in [0.2, 0.25) is 0 Å². The molecule has 1 aliphatic rings. The molecule has 2 aromatic heterocycles. The summed E-state index contributed by atoms with van der Waals surface area (Å²) in [6.45, 7) is 5.82. The van der Waals surface area contributed by atoms with E-state index >= 15 is 0 Å². The van der Waals surface area contributed by atoms with E-state index in [4.69, 9.17) is 0 Å². The number of piperidine rings is 1. The van der Waals surface area contributed by atoms with E-state index < -0.39 is 0 Å². The summed E-state index contributed by atoms with van der Waals surface area (Å²) in [6, 6.07) is 14.3. The van der Waals surface area contributed by atoms with Gasteiger partial charge in [-0.3, -0.25) is 4.79 Å². The number of nitrogens with zero attached hydrogens (tertiary/aromatic N) is 4. The molecule has 5 nitrogen and oxygen atoms in total. The summed E-state index contributed by atoms with van der Waals surface area (Å²) in [5.74, 6) is 1.14. The van der Waals surface area contributed by atoms with Crippen LogP contribution in [0.3, 0.4) is 0 Å². The molecule has 0 N–H and O–H groups in total. The molecule has 3 aromatic rings. The van der Waals surface area contributed by atoms with Crippen molar-refractivity contribution >= 4 is 28.7 Å². The molecular weight excluding hydrogens is 380 g/mol. The minimum atomic E-state index is 0.0520. The number of hydrogen-bond acceptors (Lipinski definition) is 5. The van der Waals surface area contributed by atoms with E-state index in [0.717, 1.165) is 48.0 Å². The van der Waals surface area contributed by atoms with Crippen LogP contribution < -0.4 is 9.80 Å². The highest BCUT2D eigenvalue weighted by Gasteiger charge is 2.28. The second kappa shape index (κ2) is 8.33. The molecule has 150 valence electrons. The van der Waals surface area contributed by atoms with Gasteiger partial charge >= 0.3 is 0 Å². The zero-order valence-electron chi connectivity index (χ0n) is 17.1. The Morgan fingerprint density at radius 1 is 1.07 bits per heavy atom. The topological polar surface area (TPSA) is 49.3 Å². The summed E-state index contributed by atoms with van der Waals surface area (Å²) in [6.07, 6.45) is 1.67. The number of benzene rings is 1. The number of thiophene rings is 1. The maximum absolute atomic E-state index is 13.0. The molecule has 1 amide bonds. The molecule has 4 rings (SSSR count). The lowest BCUT2D eigenvalue weighted by Crippen LogP contribution is -2.41. The Bertz CT molecular complexity index is 977. The molecule has 29 heavy (non-hydrogen) atoms. The normalized spacial score (nSPS) is 14.8. The predicted octanol–water partition coefficient (Wildman–Crippen LogP) is 4.70. The quantitative estimate of drug-likeness (QED) is 0.630. The van der Waals surface area contributed by atoms with Crippen LogP contribution in [0.4, 0.5) is 11.5 Å². The number of anilines is 2. The Hall–Kier alpha value is -2.73. The van der Waals surface area contributed by atoms with Gasteiger partial charge in [0.15, 0.2) is 5.82 Å². The monoisotopic (exact) mass is 406 g/mol. The first-order valence-corrected chi connectivity index (χ1v) is 10.9. The van der Waals surface area contributed by atoms with Gasteiger partial charge in [0.2, 0.25) is 5.91 Å². The molecule has 0 aliphatic carbocycles. The number of carbonyl (C=O) groups excluding carboxylic acids is 1. The van der Waals surface area contributed by atoms with E-state index in [2.05, 4.69) is 47.1 Å². The van der Waals surface area contributed by atoms with Gasteiger partial charge in [0, 0.05) is 31.7 Å². The average Bonchev–Trinajstić information content (AvgIpc) is 3.30. The minimum absolute atomic E-state index is 0.0520. The summed E-state index contributed by atoms with van der Waals surface area (Å²) in [5.41, 5.74) is 4.33. The van der Waals surface area contributed by atoms with Crippen LogP contribution in [0.25, 0.3) is 10.6 Å². The molecule has 1 aromatic carbocycles. The smallest absolute Gasteiger partial charge is 0.229 e. The van der Waals surface area contributed by atoms with Crippen molar-refractivity contribution in [1.29, 1.82) is 0 Å². The standard InChI is InChI=1S/C23H26N4OS/c1-16-6-7-19(15-17(16)2)26(3)23(28)18-10-12-27(13-11-18)22-9-8-20(24-25-22)21-5-4-14-29-21/h4-9,14-15,18H,10-13H2,1-3H3. The van der Waals surface area contributed by atoms with Gasteiger partial charge in [0.1, 0.15) is 5.69 Å². The van der Waals surface area contributed by atoms with E-state index in [1.54, 1.807) is 11.3 Å². The molecule has 1 aliphatic heterocycles. The third-order valence-corrected chi connectivity index (χ3v) is 6.69. The van der Waals surface area contributed by atoms with E-state index in [0.29, 0.717) is 0 Å². The van der Waals surface area contributed by atoms with Crippen molar-refractivity contribution in [2.75, 3.05) is 29.9 Å². The number of amides is 1. The summed E-state index contributed by atoms with van der Waals surface area (Å²) >= 11 is 1.67. The Morgan fingerprint density at radius 2 is 1.86 bits per heavy atom. The highest BCUT2D eigenvalue weighted by Crippen LogP contribution is 2.27. The van der Waals surface area contributed by atoms with E-state index in [-0.39, 0.29) is 11.8 Å².